The lowest BCUT2D eigenvalue weighted by Gasteiger charge is -2.02. The van der Waals surface area contributed by atoms with Crippen LogP contribution in [0.3, 0.4) is 0 Å². The second kappa shape index (κ2) is 4.70. The van der Waals surface area contributed by atoms with Crippen molar-refractivity contribution in [3.8, 4) is 0 Å². The van der Waals surface area contributed by atoms with Gasteiger partial charge in [-0.25, -0.2) is 9.97 Å². The molecule has 0 aliphatic carbocycles. The van der Waals surface area contributed by atoms with E-state index in [0.29, 0.717) is 17.9 Å². The van der Waals surface area contributed by atoms with Crippen LogP contribution in [0, 0.1) is 0 Å². The summed E-state index contributed by atoms with van der Waals surface area (Å²) in [6.07, 6.45) is 1.88. The molecule has 16 heavy (non-hydrogen) atoms. The van der Waals surface area contributed by atoms with Crippen molar-refractivity contribution in [1.82, 2.24) is 9.97 Å². The molecule has 0 amide bonds. The van der Waals surface area contributed by atoms with Gasteiger partial charge in [-0.15, -0.1) is 0 Å². The summed E-state index contributed by atoms with van der Waals surface area (Å²) in [5.74, 6) is -0.259. The van der Waals surface area contributed by atoms with Crippen LogP contribution in [-0.2, 0) is 16.0 Å². The van der Waals surface area contributed by atoms with Gasteiger partial charge in [0.15, 0.2) is 5.65 Å². The molecule has 0 saturated heterocycles. The monoisotopic (exact) mass is 216 g/mol. The quantitative estimate of drug-likeness (QED) is 0.733. The summed E-state index contributed by atoms with van der Waals surface area (Å²) in [5.41, 5.74) is 1.34. The highest BCUT2D eigenvalue weighted by atomic mass is 16.5. The van der Waals surface area contributed by atoms with Gasteiger partial charge in [0.25, 0.3) is 0 Å². The Bertz CT molecular complexity index is 511. The predicted octanol–water partition coefficient (Wildman–Crippen LogP) is 1.74. The van der Waals surface area contributed by atoms with Gasteiger partial charge >= 0.3 is 5.97 Å². The number of hydrogen-bond acceptors (Lipinski definition) is 4. The van der Waals surface area contributed by atoms with Crippen molar-refractivity contribution in [3.63, 3.8) is 0 Å². The number of nitrogens with zero attached hydrogens (tertiary/aromatic N) is 2. The summed E-state index contributed by atoms with van der Waals surface area (Å²) in [7, 11) is 0. The van der Waals surface area contributed by atoms with E-state index >= 15 is 0 Å². The van der Waals surface area contributed by atoms with Crippen LogP contribution in [0.25, 0.3) is 11.0 Å². The Morgan fingerprint density at radius 3 is 3.06 bits per heavy atom. The maximum Gasteiger partial charge on any atom is 0.311 e. The van der Waals surface area contributed by atoms with Crippen LogP contribution in [0.4, 0.5) is 0 Å². The Balaban J connectivity index is 2.22. The third kappa shape index (κ3) is 2.34. The first kappa shape index (κ1) is 10.5. The Hall–Kier alpha value is -1.97. The highest BCUT2D eigenvalue weighted by molar-refractivity contribution is 5.76. The van der Waals surface area contributed by atoms with E-state index in [1.54, 1.807) is 13.1 Å². The molecule has 0 saturated carbocycles. The minimum atomic E-state index is -0.259. The van der Waals surface area contributed by atoms with E-state index in [2.05, 4.69) is 9.97 Å². The number of esters is 1. The molecule has 82 valence electrons. The number of pyridine rings is 2. The molecular weight excluding hydrogens is 204 g/mol. The smallest absolute Gasteiger partial charge is 0.311 e. The molecule has 0 N–H and O–H groups in total. The van der Waals surface area contributed by atoms with Gasteiger partial charge in [-0.1, -0.05) is 0 Å². The lowest BCUT2D eigenvalue weighted by atomic mass is 10.2. The lowest BCUT2D eigenvalue weighted by Crippen LogP contribution is -2.08. The molecule has 0 spiro atoms. The Morgan fingerprint density at radius 1 is 1.38 bits per heavy atom. The van der Waals surface area contributed by atoms with Crippen molar-refractivity contribution >= 4 is 17.0 Å². The summed E-state index contributed by atoms with van der Waals surface area (Å²) < 4.78 is 4.86. The first-order valence-corrected chi connectivity index (χ1v) is 5.16. The summed E-state index contributed by atoms with van der Waals surface area (Å²) in [4.78, 5) is 19.7. The van der Waals surface area contributed by atoms with Crippen molar-refractivity contribution in [2.45, 2.75) is 13.3 Å². The number of carbonyl (C=O) groups is 1. The third-order valence-corrected chi connectivity index (χ3v) is 2.15. The fourth-order valence-corrected chi connectivity index (χ4v) is 1.45. The van der Waals surface area contributed by atoms with E-state index in [1.165, 1.54) is 0 Å². The van der Waals surface area contributed by atoms with Gasteiger partial charge in [0.1, 0.15) is 0 Å². The number of carbonyl (C=O) groups excluding carboxylic acids is 1. The van der Waals surface area contributed by atoms with Crippen LogP contribution in [0.1, 0.15) is 12.6 Å². The van der Waals surface area contributed by atoms with Crippen LogP contribution in [-0.4, -0.2) is 22.5 Å². The topological polar surface area (TPSA) is 52.1 Å². The number of aromatic nitrogens is 2. The Kier molecular flexibility index (Phi) is 3.10. The number of ether oxygens (including phenoxy) is 1. The van der Waals surface area contributed by atoms with E-state index in [-0.39, 0.29) is 12.4 Å². The van der Waals surface area contributed by atoms with Crippen molar-refractivity contribution in [2.75, 3.05) is 6.61 Å². The molecular formula is C12H12N2O2. The van der Waals surface area contributed by atoms with Gasteiger partial charge in [-0.05, 0) is 31.2 Å². The fraction of sp³-hybridized carbons (Fsp3) is 0.250. The minimum absolute atomic E-state index is 0.195. The average molecular weight is 216 g/mol. The van der Waals surface area contributed by atoms with Crippen molar-refractivity contribution in [2.24, 2.45) is 0 Å². The van der Waals surface area contributed by atoms with Crippen molar-refractivity contribution in [3.05, 3.63) is 36.2 Å². The largest absolute Gasteiger partial charge is 0.466 e. The van der Waals surface area contributed by atoms with Crippen molar-refractivity contribution < 1.29 is 9.53 Å². The molecule has 0 unspecified atom stereocenters. The van der Waals surface area contributed by atoms with E-state index in [9.17, 15) is 4.79 Å². The second-order valence-corrected chi connectivity index (χ2v) is 3.33. The maximum absolute atomic E-state index is 11.3. The zero-order valence-electron chi connectivity index (χ0n) is 9.01. The summed E-state index contributed by atoms with van der Waals surface area (Å²) in [6.45, 7) is 2.18. The molecule has 0 radical (unpaired) electrons. The maximum atomic E-state index is 11.3. The van der Waals surface area contributed by atoms with E-state index < -0.39 is 0 Å². The van der Waals surface area contributed by atoms with Crippen LogP contribution < -0.4 is 0 Å². The highest BCUT2D eigenvalue weighted by Gasteiger charge is 2.06. The molecule has 2 rings (SSSR count). The molecule has 0 fully saturated rings. The molecule has 4 nitrogen and oxygen atoms in total. The number of hydrogen-bond donors (Lipinski definition) is 0. The fourth-order valence-electron chi connectivity index (χ4n) is 1.45. The average Bonchev–Trinajstić information content (AvgIpc) is 2.29. The van der Waals surface area contributed by atoms with Gasteiger partial charge < -0.3 is 4.74 Å². The van der Waals surface area contributed by atoms with Gasteiger partial charge in [-0.3, -0.25) is 4.79 Å². The predicted molar refractivity (Wildman–Crippen MR) is 59.9 cm³/mol. The molecule has 0 aliphatic rings. The van der Waals surface area contributed by atoms with Gasteiger partial charge in [0.05, 0.1) is 18.7 Å². The van der Waals surface area contributed by atoms with E-state index in [4.69, 9.17) is 4.74 Å². The van der Waals surface area contributed by atoms with Crippen LogP contribution in [0.15, 0.2) is 30.5 Å². The first-order valence-electron chi connectivity index (χ1n) is 5.16. The van der Waals surface area contributed by atoms with Crippen molar-refractivity contribution in [1.29, 1.82) is 0 Å². The molecule has 4 heteroatoms. The molecule has 0 aromatic carbocycles. The minimum Gasteiger partial charge on any atom is -0.466 e. The van der Waals surface area contributed by atoms with E-state index in [0.717, 1.165) is 5.39 Å². The zero-order chi connectivity index (χ0) is 11.4. The highest BCUT2D eigenvalue weighted by Crippen LogP contribution is 2.09. The molecule has 2 heterocycles. The van der Waals surface area contributed by atoms with Crippen LogP contribution >= 0.6 is 0 Å². The molecule has 0 aliphatic heterocycles. The number of rotatable bonds is 3. The van der Waals surface area contributed by atoms with Gasteiger partial charge in [-0.2, -0.15) is 0 Å². The van der Waals surface area contributed by atoms with Crippen LogP contribution in [0.2, 0.25) is 0 Å². The standard InChI is InChI=1S/C12H12N2O2/c1-2-16-11(15)8-10-6-5-9-4-3-7-13-12(9)14-10/h3-7H,2,8H2,1H3. The first-order chi connectivity index (χ1) is 7.79. The summed E-state index contributed by atoms with van der Waals surface area (Å²) in [5, 5.41) is 0.968. The normalized spacial score (nSPS) is 10.3. The summed E-state index contributed by atoms with van der Waals surface area (Å²) in [6, 6.07) is 7.52. The second-order valence-electron chi connectivity index (χ2n) is 3.33. The Morgan fingerprint density at radius 2 is 2.25 bits per heavy atom. The molecule has 0 bridgehead atoms. The lowest BCUT2D eigenvalue weighted by molar-refractivity contribution is -0.142. The van der Waals surface area contributed by atoms with Gasteiger partial charge in [0.2, 0.25) is 0 Å². The SMILES string of the molecule is CCOC(=O)Cc1ccc2cccnc2n1. The zero-order valence-corrected chi connectivity index (χ0v) is 9.01. The van der Waals surface area contributed by atoms with Gasteiger partial charge in [0, 0.05) is 11.6 Å². The molecule has 2 aromatic rings. The summed E-state index contributed by atoms with van der Waals surface area (Å²) >= 11 is 0. The third-order valence-electron chi connectivity index (χ3n) is 2.15. The van der Waals surface area contributed by atoms with E-state index in [1.807, 2.05) is 24.3 Å². The van der Waals surface area contributed by atoms with Crippen LogP contribution in [0.5, 0.6) is 0 Å². The Labute approximate surface area is 93.3 Å². The molecule has 0 atom stereocenters. The number of fused-ring (bicyclic) bond motifs is 1. The molecule has 2 aromatic heterocycles.